The minimum atomic E-state index is -0.544. The number of hydrogen-bond acceptors (Lipinski definition) is 3. The molecule has 1 rings (SSSR count). The lowest BCUT2D eigenvalue weighted by Gasteiger charge is -2.22. The average molecular weight is 228 g/mol. The number of carbonyl (C=O) groups is 1. The van der Waals surface area contributed by atoms with Gasteiger partial charge in [0.2, 0.25) is 0 Å². The maximum atomic E-state index is 11.3. The van der Waals surface area contributed by atoms with Gasteiger partial charge in [0, 0.05) is 19.0 Å². The number of amides is 2. The third-order valence-electron chi connectivity index (χ3n) is 2.48. The van der Waals surface area contributed by atoms with Gasteiger partial charge in [0.05, 0.1) is 13.2 Å². The van der Waals surface area contributed by atoms with Gasteiger partial charge in [-0.25, -0.2) is 4.79 Å². The summed E-state index contributed by atoms with van der Waals surface area (Å²) >= 11 is 0. The predicted octanol–water partition coefficient (Wildman–Crippen LogP) is 1.01. The van der Waals surface area contributed by atoms with Crippen molar-refractivity contribution in [3.63, 3.8) is 0 Å². The smallest absolute Gasteiger partial charge is 0.315 e. The van der Waals surface area contributed by atoms with Gasteiger partial charge in [-0.1, -0.05) is 6.08 Å². The first-order valence-electron chi connectivity index (χ1n) is 5.50. The van der Waals surface area contributed by atoms with E-state index in [-0.39, 0.29) is 12.1 Å². The van der Waals surface area contributed by atoms with Gasteiger partial charge in [0.15, 0.2) is 5.79 Å². The van der Waals surface area contributed by atoms with Gasteiger partial charge in [0.1, 0.15) is 0 Å². The maximum Gasteiger partial charge on any atom is 0.315 e. The second-order valence-electron chi connectivity index (χ2n) is 4.01. The lowest BCUT2D eigenvalue weighted by molar-refractivity contribution is -0.145. The summed E-state index contributed by atoms with van der Waals surface area (Å²) in [6, 6.07) is -0.233. The molecule has 0 saturated carbocycles. The zero-order valence-electron chi connectivity index (χ0n) is 9.91. The maximum absolute atomic E-state index is 11.3. The third-order valence-corrected chi connectivity index (χ3v) is 2.48. The van der Waals surface area contributed by atoms with Gasteiger partial charge in [-0.05, 0) is 13.8 Å². The topological polar surface area (TPSA) is 59.6 Å². The standard InChI is InChI=1S/C11H20N2O3/c1-4-9(2)13-10(14)12-6-5-11(3)15-7-8-16-11/h4,9H,1,5-8H2,2-3H3,(H2,12,13,14)/t9-/m0/s1. The molecule has 1 aliphatic rings. The Kier molecular flexibility index (Phi) is 4.76. The molecule has 1 fully saturated rings. The first-order valence-corrected chi connectivity index (χ1v) is 5.50. The lowest BCUT2D eigenvalue weighted by atomic mass is 10.2. The van der Waals surface area contributed by atoms with Crippen LogP contribution in [0.15, 0.2) is 12.7 Å². The molecular formula is C11H20N2O3. The quantitative estimate of drug-likeness (QED) is 0.690. The van der Waals surface area contributed by atoms with Crippen LogP contribution in [-0.2, 0) is 9.47 Å². The van der Waals surface area contributed by atoms with Crippen molar-refractivity contribution in [2.24, 2.45) is 0 Å². The molecule has 2 amide bonds. The van der Waals surface area contributed by atoms with Gasteiger partial charge in [0.25, 0.3) is 0 Å². The van der Waals surface area contributed by atoms with Gasteiger partial charge in [-0.15, -0.1) is 6.58 Å². The number of rotatable bonds is 5. The average Bonchev–Trinajstić information content (AvgIpc) is 2.65. The Morgan fingerprint density at radius 3 is 2.75 bits per heavy atom. The molecule has 0 aromatic heterocycles. The molecule has 0 radical (unpaired) electrons. The Balaban J connectivity index is 2.15. The fraction of sp³-hybridized carbons (Fsp3) is 0.727. The molecule has 16 heavy (non-hydrogen) atoms. The molecule has 0 aromatic rings. The van der Waals surface area contributed by atoms with Crippen molar-refractivity contribution in [2.45, 2.75) is 32.1 Å². The highest BCUT2D eigenvalue weighted by atomic mass is 16.7. The Hall–Kier alpha value is -1.07. The molecule has 0 spiro atoms. The van der Waals surface area contributed by atoms with Crippen LogP contribution < -0.4 is 10.6 Å². The summed E-state index contributed by atoms with van der Waals surface area (Å²) in [6.45, 7) is 9.09. The van der Waals surface area contributed by atoms with Crippen molar-refractivity contribution in [1.82, 2.24) is 10.6 Å². The molecule has 0 unspecified atom stereocenters. The molecular weight excluding hydrogens is 208 g/mol. The number of ether oxygens (including phenoxy) is 2. The zero-order chi connectivity index (χ0) is 12.0. The second kappa shape index (κ2) is 5.86. The van der Waals surface area contributed by atoms with E-state index < -0.39 is 5.79 Å². The van der Waals surface area contributed by atoms with E-state index >= 15 is 0 Å². The van der Waals surface area contributed by atoms with Crippen LogP contribution in [0, 0.1) is 0 Å². The number of hydrogen-bond donors (Lipinski definition) is 2. The van der Waals surface area contributed by atoms with Gasteiger partial charge in [-0.3, -0.25) is 0 Å². The Morgan fingerprint density at radius 1 is 1.56 bits per heavy atom. The van der Waals surface area contributed by atoms with Crippen LogP contribution in [0.3, 0.4) is 0 Å². The first-order chi connectivity index (χ1) is 7.56. The minimum absolute atomic E-state index is 0.0328. The molecule has 5 heteroatoms. The van der Waals surface area contributed by atoms with Crippen LogP contribution in [0.1, 0.15) is 20.3 Å². The number of nitrogens with one attached hydrogen (secondary N) is 2. The lowest BCUT2D eigenvalue weighted by Crippen LogP contribution is -2.42. The van der Waals surface area contributed by atoms with Crippen LogP contribution >= 0.6 is 0 Å². The molecule has 0 bridgehead atoms. The Bertz CT molecular complexity index is 250. The first kappa shape index (κ1) is 13.0. The van der Waals surface area contributed by atoms with E-state index in [0.717, 1.165) is 0 Å². The fourth-order valence-electron chi connectivity index (χ4n) is 1.42. The van der Waals surface area contributed by atoms with Crippen molar-refractivity contribution in [3.05, 3.63) is 12.7 Å². The second-order valence-corrected chi connectivity index (χ2v) is 4.01. The number of urea groups is 1. The van der Waals surface area contributed by atoms with Crippen molar-refractivity contribution >= 4 is 6.03 Å². The van der Waals surface area contributed by atoms with Crippen LogP contribution in [-0.4, -0.2) is 37.6 Å². The SMILES string of the molecule is C=C[C@H](C)NC(=O)NCCC1(C)OCCO1. The van der Waals surface area contributed by atoms with E-state index in [1.807, 2.05) is 13.8 Å². The fourth-order valence-corrected chi connectivity index (χ4v) is 1.42. The summed E-state index contributed by atoms with van der Waals surface area (Å²) in [6.07, 6.45) is 2.31. The highest BCUT2D eigenvalue weighted by molar-refractivity contribution is 5.74. The van der Waals surface area contributed by atoms with Crippen molar-refractivity contribution in [1.29, 1.82) is 0 Å². The van der Waals surface area contributed by atoms with Gasteiger partial charge >= 0.3 is 6.03 Å². The summed E-state index contributed by atoms with van der Waals surface area (Å²) in [5, 5.41) is 5.46. The van der Waals surface area contributed by atoms with Crippen molar-refractivity contribution in [3.8, 4) is 0 Å². The highest BCUT2D eigenvalue weighted by Gasteiger charge is 2.30. The normalized spacial score (nSPS) is 20.1. The van der Waals surface area contributed by atoms with E-state index in [2.05, 4.69) is 17.2 Å². The summed E-state index contributed by atoms with van der Waals surface area (Å²) < 4.78 is 10.8. The van der Waals surface area contributed by atoms with E-state index in [0.29, 0.717) is 26.2 Å². The summed E-state index contributed by atoms with van der Waals surface area (Å²) in [5.41, 5.74) is 0. The van der Waals surface area contributed by atoms with Crippen molar-refractivity contribution in [2.75, 3.05) is 19.8 Å². The zero-order valence-corrected chi connectivity index (χ0v) is 9.91. The molecule has 0 aromatic carbocycles. The molecule has 1 heterocycles. The molecule has 0 aliphatic carbocycles. The Morgan fingerprint density at radius 2 is 2.19 bits per heavy atom. The van der Waals surface area contributed by atoms with E-state index in [1.54, 1.807) is 6.08 Å². The van der Waals surface area contributed by atoms with Crippen LogP contribution in [0.2, 0.25) is 0 Å². The molecule has 2 N–H and O–H groups in total. The molecule has 1 aliphatic heterocycles. The molecule has 5 nitrogen and oxygen atoms in total. The van der Waals surface area contributed by atoms with E-state index in [4.69, 9.17) is 9.47 Å². The van der Waals surface area contributed by atoms with Gasteiger partial charge in [-0.2, -0.15) is 0 Å². The monoisotopic (exact) mass is 228 g/mol. The summed E-state index contributed by atoms with van der Waals surface area (Å²) in [4.78, 5) is 11.3. The van der Waals surface area contributed by atoms with Crippen LogP contribution in [0.4, 0.5) is 4.79 Å². The van der Waals surface area contributed by atoms with Crippen LogP contribution in [0.25, 0.3) is 0 Å². The van der Waals surface area contributed by atoms with Gasteiger partial charge < -0.3 is 20.1 Å². The number of carbonyl (C=O) groups excluding carboxylic acids is 1. The summed E-state index contributed by atoms with van der Waals surface area (Å²) in [5.74, 6) is -0.544. The van der Waals surface area contributed by atoms with E-state index in [9.17, 15) is 4.79 Å². The minimum Gasteiger partial charge on any atom is -0.348 e. The molecule has 92 valence electrons. The molecule has 1 saturated heterocycles. The largest absolute Gasteiger partial charge is 0.348 e. The highest BCUT2D eigenvalue weighted by Crippen LogP contribution is 2.21. The van der Waals surface area contributed by atoms with Crippen LogP contribution in [0.5, 0.6) is 0 Å². The third kappa shape index (κ3) is 4.20. The Labute approximate surface area is 96.2 Å². The summed E-state index contributed by atoms with van der Waals surface area (Å²) in [7, 11) is 0. The van der Waals surface area contributed by atoms with Crippen molar-refractivity contribution < 1.29 is 14.3 Å². The predicted molar refractivity (Wildman–Crippen MR) is 61.1 cm³/mol. The van der Waals surface area contributed by atoms with E-state index in [1.165, 1.54) is 0 Å². The molecule has 1 atom stereocenters.